The maximum atomic E-state index is 13.5. The largest absolute Gasteiger partial charge is 0.376 e. The molecule has 0 spiro atoms. The molecule has 1 nitrogen and oxygen atoms in total. The number of rotatable bonds is 5. The molecule has 0 aliphatic heterocycles. The summed E-state index contributed by atoms with van der Waals surface area (Å²) in [7, 11) is 0. The van der Waals surface area contributed by atoms with Crippen LogP contribution in [0.5, 0.6) is 0 Å². The Morgan fingerprint density at radius 1 is 0.905 bits per heavy atom. The zero-order valence-electron chi connectivity index (χ0n) is 12.1. The van der Waals surface area contributed by atoms with Crippen LogP contribution >= 0.6 is 0 Å². The second-order valence-corrected chi connectivity index (χ2v) is 5.51. The van der Waals surface area contributed by atoms with Crippen LogP contribution < -0.4 is 5.32 Å². The van der Waals surface area contributed by atoms with Crippen molar-refractivity contribution in [3.63, 3.8) is 0 Å². The Hall–Kier alpha value is -1.97. The predicted molar refractivity (Wildman–Crippen MR) is 78.6 cm³/mol. The SMILES string of the molecule is CC(C)Cc1ccc(CNc2c(F)cc(F)cc2F)cc1. The molecule has 2 aromatic rings. The molecule has 2 aromatic carbocycles. The normalized spacial score (nSPS) is 11.0. The Labute approximate surface area is 122 Å². The van der Waals surface area contributed by atoms with E-state index in [9.17, 15) is 13.2 Å². The molecule has 21 heavy (non-hydrogen) atoms. The van der Waals surface area contributed by atoms with Gasteiger partial charge in [-0.25, -0.2) is 13.2 Å². The third-order valence-electron chi connectivity index (χ3n) is 3.14. The number of hydrogen-bond donors (Lipinski definition) is 1. The highest BCUT2D eigenvalue weighted by Gasteiger charge is 2.10. The van der Waals surface area contributed by atoms with E-state index in [1.54, 1.807) is 0 Å². The van der Waals surface area contributed by atoms with E-state index in [2.05, 4.69) is 19.2 Å². The number of benzene rings is 2. The van der Waals surface area contributed by atoms with E-state index in [1.807, 2.05) is 24.3 Å². The first kappa shape index (κ1) is 15.4. The first-order chi connectivity index (χ1) is 9.95. The quantitative estimate of drug-likeness (QED) is 0.825. The summed E-state index contributed by atoms with van der Waals surface area (Å²) in [6.45, 7) is 4.58. The highest BCUT2D eigenvalue weighted by molar-refractivity contribution is 5.47. The summed E-state index contributed by atoms with van der Waals surface area (Å²) in [6.07, 6.45) is 0.995. The zero-order valence-corrected chi connectivity index (χ0v) is 12.1. The Morgan fingerprint density at radius 2 is 1.43 bits per heavy atom. The minimum Gasteiger partial charge on any atom is -0.376 e. The number of nitrogens with one attached hydrogen (secondary N) is 1. The summed E-state index contributed by atoms with van der Waals surface area (Å²) in [6, 6.07) is 9.19. The molecule has 2 rings (SSSR count). The van der Waals surface area contributed by atoms with Crippen molar-refractivity contribution in [2.24, 2.45) is 5.92 Å². The summed E-state index contributed by atoms with van der Waals surface area (Å²) in [5.41, 5.74) is 1.83. The van der Waals surface area contributed by atoms with Gasteiger partial charge in [0, 0.05) is 18.7 Å². The lowest BCUT2D eigenvalue weighted by molar-refractivity contribution is 0.547. The van der Waals surface area contributed by atoms with Crippen LogP contribution in [0.1, 0.15) is 25.0 Å². The minimum absolute atomic E-state index is 0.279. The van der Waals surface area contributed by atoms with E-state index < -0.39 is 17.5 Å². The smallest absolute Gasteiger partial charge is 0.152 e. The van der Waals surface area contributed by atoms with E-state index in [4.69, 9.17) is 0 Å². The van der Waals surface area contributed by atoms with Gasteiger partial charge in [-0.1, -0.05) is 38.1 Å². The summed E-state index contributed by atoms with van der Waals surface area (Å²) >= 11 is 0. The molecule has 0 amide bonds. The van der Waals surface area contributed by atoms with E-state index in [0.717, 1.165) is 12.0 Å². The molecule has 0 saturated carbocycles. The topological polar surface area (TPSA) is 12.0 Å². The van der Waals surface area contributed by atoms with Crippen LogP contribution in [-0.2, 0) is 13.0 Å². The average molecular weight is 293 g/mol. The molecule has 0 aliphatic rings. The van der Waals surface area contributed by atoms with Crippen LogP contribution in [-0.4, -0.2) is 0 Å². The molecule has 0 atom stereocenters. The Kier molecular flexibility index (Phi) is 4.89. The van der Waals surface area contributed by atoms with Crippen LogP contribution in [0.4, 0.5) is 18.9 Å². The summed E-state index contributed by atoms with van der Waals surface area (Å²) < 4.78 is 39.8. The third kappa shape index (κ3) is 4.25. The van der Waals surface area contributed by atoms with Gasteiger partial charge in [-0.15, -0.1) is 0 Å². The van der Waals surface area contributed by atoms with Crippen LogP contribution in [0.25, 0.3) is 0 Å². The summed E-state index contributed by atoms with van der Waals surface area (Å²) in [5.74, 6) is -2.20. The van der Waals surface area contributed by atoms with Crippen molar-refractivity contribution in [1.29, 1.82) is 0 Å². The fraction of sp³-hybridized carbons (Fsp3) is 0.294. The van der Waals surface area contributed by atoms with Crippen molar-refractivity contribution in [3.8, 4) is 0 Å². The molecule has 0 aliphatic carbocycles. The standard InChI is InChI=1S/C17H18F3N/c1-11(2)7-12-3-5-13(6-4-12)10-21-17-15(19)8-14(18)9-16(17)20/h3-6,8-9,11,21H,7,10H2,1-2H3. The van der Waals surface area contributed by atoms with E-state index in [0.29, 0.717) is 18.1 Å². The zero-order chi connectivity index (χ0) is 15.4. The molecule has 0 heterocycles. The number of anilines is 1. The molecule has 0 bridgehead atoms. The molecule has 4 heteroatoms. The lowest BCUT2D eigenvalue weighted by Crippen LogP contribution is -2.05. The Morgan fingerprint density at radius 3 is 1.95 bits per heavy atom. The van der Waals surface area contributed by atoms with Crippen molar-refractivity contribution in [2.75, 3.05) is 5.32 Å². The minimum atomic E-state index is -0.927. The maximum absolute atomic E-state index is 13.5. The van der Waals surface area contributed by atoms with Crippen molar-refractivity contribution in [3.05, 3.63) is 65.0 Å². The molecule has 112 valence electrons. The van der Waals surface area contributed by atoms with Crippen LogP contribution in [0, 0.1) is 23.4 Å². The highest BCUT2D eigenvalue weighted by Crippen LogP contribution is 2.21. The van der Waals surface area contributed by atoms with Crippen molar-refractivity contribution >= 4 is 5.69 Å². The lowest BCUT2D eigenvalue weighted by atomic mass is 10.0. The monoisotopic (exact) mass is 293 g/mol. The predicted octanol–water partition coefficient (Wildman–Crippen LogP) is 4.91. The van der Waals surface area contributed by atoms with Crippen LogP contribution in [0.15, 0.2) is 36.4 Å². The Bertz CT molecular complexity index is 583. The molecule has 0 unspecified atom stereocenters. The molecule has 0 saturated heterocycles. The van der Waals surface area contributed by atoms with Gasteiger partial charge in [-0.2, -0.15) is 0 Å². The first-order valence-electron chi connectivity index (χ1n) is 6.92. The molecule has 0 fully saturated rings. The van der Waals surface area contributed by atoms with Crippen molar-refractivity contribution in [2.45, 2.75) is 26.8 Å². The van der Waals surface area contributed by atoms with Gasteiger partial charge in [-0.05, 0) is 23.5 Å². The van der Waals surface area contributed by atoms with E-state index in [-0.39, 0.29) is 12.2 Å². The molecular weight excluding hydrogens is 275 g/mol. The number of hydrogen-bond acceptors (Lipinski definition) is 1. The average Bonchev–Trinajstić information content (AvgIpc) is 2.38. The van der Waals surface area contributed by atoms with Gasteiger partial charge in [0.15, 0.2) is 11.6 Å². The van der Waals surface area contributed by atoms with Crippen molar-refractivity contribution < 1.29 is 13.2 Å². The fourth-order valence-electron chi connectivity index (χ4n) is 2.17. The van der Waals surface area contributed by atoms with Crippen molar-refractivity contribution in [1.82, 2.24) is 0 Å². The van der Waals surface area contributed by atoms with Gasteiger partial charge >= 0.3 is 0 Å². The molecule has 1 N–H and O–H groups in total. The summed E-state index contributed by atoms with van der Waals surface area (Å²) in [4.78, 5) is 0. The van der Waals surface area contributed by atoms with Crippen LogP contribution in [0.3, 0.4) is 0 Å². The fourth-order valence-corrected chi connectivity index (χ4v) is 2.17. The van der Waals surface area contributed by atoms with Gasteiger partial charge in [0.05, 0.1) is 0 Å². The van der Waals surface area contributed by atoms with Gasteiger partial charge in [-0.3, -0.25) is 0 Å². The number of halogens is 3. The summed E-state index contributed by atoms with van der Waals surface area (Å²) in [5, 5.41) is 2.67. The molecular formula is C17H18F3N. The lowest BCUT2D eigenvalue weighted by Gasteiger charge is -2.10. The van der Waals surface area contributed by atoms with E-state index in [1.165, 1.54) is 5.56 Å². The van der Waals surface area contributed by atoms with Gasteiger partial charge in [0.1, 0.15) is 11.5 Å². The first-order valence-corrected chi connectivity index (χ1v) is 6.92. The second-order valence-electron chi connectivity index (χ2n) is 5.51. The van der Waals surface area contributed by atoms with Gasteiger partial charge in [0.2, 0.25) is 0 Å². The van der Waals surface area contributed by atoms with Gasteiger partial charge in [0.25, 0.3) is 0 Å². The van der Waals surface area contributed by atoms with E-state index >= 15 is 0 Å². The van der Waals surface area contributed by atoms with Crippen LogP contribution in [0.2, 0.25) is 0 Å². The highest BCUT2D eigenvalue weighted by atomic mass is 19.1. The molecule has 0 aromatic heterocycles. The Balaban J connectivity index is 2.03. The third-order valence-corrected chi connectivity index (χ3v) is 3.14. The van der Waals surface area contributed by atoms with Gasteiger partial charge < -0.3 is 5.32 Å². The second kappa shape index (κ2) is 6.66. The maximum Gasteiger partial charge on any atom is 0.152 e. The molecule has 0 radical (unpaired) electrons.